The fraction of sp³-hybridized carbons (Fsp3) is 0.789. The lowest BCUT2D eigenvalue weighted by molar-refractivity contribution is -0.140. The minimum Gasteiger partial charge on any atom is -0.359 e. The van der Waals surface area contributed by atoms with Crippen LogP contribution in [0.2, 0.25) is 0 Å². The summed E-state index contributed by atoms with van der Waals surface area (Å²) in [6.45, 7) is 4.73. The first-order valence-corrected chi connectivity index (χ1v) is 9.51. The molecule has 3 amide bonds. The zero-order chi connectivity index (χ0) is 19.7. The van der Waals surface area contributed by atoms with Gasteiger partial charge in [0, 0.05) is 46.4 Å². The van der Waals surface area contributed by atoms with Crippen molar-refractivity contribution in [3.8, 4) is 0 Å². The maximum Gasteiger partial charge on any atom is 0.224 e. The van der Waals surface area contributed by atoms with Crippen molar-refractivity contribution in [2.45, 2.75) is 52.4 Å². The Labute approximate surface area is 156 Å². The van der Waals surface area contributed by atoms with E-state index < -0.39 is 0 Å². The Morgan fingerprint density at radius 1 is 0.923 bits per heavy atom. The monoisotopic (exact) mass is 367 g/mol. The molecule has 148 valence electrons. The lowest BCUT2D eigenvalue weighted by Gasteiger charge is -2.36. The Balaban J connectivity index is 2.53. The standard InChI is InChI=1S/C19H33N3O4/c1-13(2)9-16(23)7-5-6-8-17(24)22-11-14(18(25)20-3)10-15(12-22)19(26)21-4/h13-15H,5-12H2,1-4H3,(H,20,25)(H,21,26)/t14-,15?/m1/s1. The smallest absolute Gasteiger partial charge is 0.224 e. The molecule has 2 atom stereocenters. The molecule has 0 saturated carbocycles. The summed E-state index contributed by atoms with van der Waals surface area (Å²) >= 11 is 0. The van der Waals surface area contributed by atoms with Gasteiger partial charge in [-0.1, -0.05) is 13.8 Å². The van der Waals surface area contributed by atoms with Crippen molar-refractivity contribution >= 4 is 23.5 Å². The number of hydrogen-bond donors (Lipinski definition) is 2. The summed E-state index contributed by atoms with van der Waals surface area (Å²) in [4.78, 5) is 49.8. The van der Waals surface area contributed by atoms with Crippen molar-refractivity contribution in [3.05, 3.63) is 0 Å². The number of carbonyl (C=O) groups excluding carboxylic acids is 4. The number of carbonyl (C=O) groups is 4. The third-order valence-electron chi connectivity index (χ3n) is 4.77. The van der Waals surface area contributed by atoms with Gasteiger partial charge in [0.1, 0.15) is 5.78 Å². The van der Waals surface area contributed by atoms with Crippen molar-refractivity contribution in [3.63, 3.8) is 0 Å². The molecule has 0 aromatic carbocycles. The van der Waals surface area contributed by atoms with Crippen LogP contribution in [-0.4, -0.2) is 55.6 Å². The van der Waals surface area contributed by atoms with Crippen molar-refractivity contribution in [1.82, 2.24) is 15.5 Å². The van der Waals surface area contributed by atoms with Crippen LogP contribution in [0, 0.1) is 17.8 Å². The molecular weight excluding hydrogens is 334 g/mol. The fourth-order valence-electron chi connectivity index (χ4n) is 3.40. The molecule has 0 bridgehead atoms. The quantitative estimate of drug-likeness (QED) is 0.597. The van der Waals surface area contributed by atoms with Gasteiger partial charge in [0.2, 0.25) is 17.7 Å². The summed E-state index contributed by atoms with van der Waals surface area (Å²) in [6.07, 6.45) is 3.23. The van der Waals surface area contributed by atoms with Crippen LogP contribution in [0.15, 0.2) is 0 Å². The zero-order valence-electron chi connectivity index (χ0n) is 16.5. The van der Waals surface area contributed by atoms with Gasteiger partial charge >= 0.3 is 0 Å². The lowest BCUT2D eigenvalue weighted by atomic mass is 9.87. The molecule has 26 heavy (non-hydrogen) atoms. The first kappa shape index (κ1) is 22.1. The van der Waals surface area contributed by atoms with E-state index in [-0.39, 0.29) is 35.3 Å². The van der Waals surface area contributed by atoms with Crippen LogP contribution in [0.3, 0.4) is 0 Å². The first-order chi connectivity index (χ1) is 12.3. The molecule has 1 unspecified atom stereocenters. The summed E-state index contributed by atoms with van der Waals surface area (Å²) in [5, 5.41) is 5.21. The van der Waals surface area contributed by atoms with Gasteiger partial charge in [0.05, 0.1) is 11.8 Å². The number of nitrogens with one attached hydrogen (secondary N) is 2. The van der Waals surface area contributed by atoms with E-state index in [9.17, 15) is 19.2 Å². The van der Waals surface area contributed by atoms with E-state index in [1.54, 1.807) is 19.0 Å². The van der Waals surface area contributed by atoms with Gasteiger partial charge in [-0.15, -0.1) is 0 Å². The molecule has 1 aliphatic rings. The number of piperidine rings is 1. The SMILES string of the molecule is CNC(=O)C1C[C@@H](C(=O)NC)CN(C(=O)CCCCC(=O)CC(C)C)C1. The fourth-order valence-corrected chi connectivity index (χ4v) is 3.40. The zero-order valence-corrected chi connectivity index (χ0v) is 16.5. The number of Topliss-reactive ketones (excluding diaryl/α,β-unsaturated/α-hetero) is 1. The largest absolute Gasteiger partial charge is 0.359 e. The van der Waals surface area contributed by atoms with Crippen LogP contribution in [-0.2, 0) is 19.2 Å². The molecule has 0 radical (unpaired) electrons. The molecule has 1 saturated heterocycles. The van der Waals surface area contributed by atoms with Crippen molar-refractivity contribution in [2.24, 2.45) is 17.8 Å². The number of ketones is 1. The van der Waals surface area contributed by atoms with E-state index in [1.807, 2.05) is 13.8 Å². The first-order valence-electron chi connectivity index (χ1n) is 9.51. The average molecular weight is 367 g/mol. The van der Waals surface area contributed by atoms with E-state index in [1.165, 1.54) is 0 Å². The van der Waals surface area contributed by atoms with Crippen molar-refractivity contribution in [2.75, 3.05) is 27.2 Å². The maximum atomic E-state index is 12.5. The number of nitrogens with zero attached hydrogens (tertiary/aromatic N) is 1. The Morgan fingerprint density at radius 3 is 1.88 bits per heavy atom. The molecule has 7 heteroatoms. The van der Waals surface area contributed by atoms with Gasteiger partial charge in [-0.2, -0.15) is 0 Å². The Hall–Kier alpha value is -1.92. The Kier molecular flexibility index (Phi) is 9.30. The van der Waals surface area contributed by atoms with Gasteiger partial charge < -0.3 is 15.5 Å². The third-order valence-corrected chi connectivity index (χ3v) is 4.77. The van der Waals surface area contributed by atoms with Crippen LogP contribution >= 0.6 is 0 Å². The number of unbranched alkanes of at least 4 members (excludes halogenated alkanes) is 1. The predicted octanol–water partition coefficient (Wildman–Crippen LogP) is 1.12. The van der Waals surface area contributed by atoms with Crippen molar-refractivity contribution in [1.29, 1.82) is 0 Å². The van der Waals surface area contributed by atoms with Gasteiger partial charge in [-0.05, 0) is 25.2 Å². The van der Waals surface area contributed by atoms with Gasteiger partial charge in [-0.25, -0.2) is 0 Å². The number of amides is 3. The number of likely N-dealkylation sites (tertiary alicyclic amines) is 1. The molecular formula is C19H33N3O4. The molecule has 0 aromatic heterocycles. The topological polar surface area (TPSA) is 95.6 Å². The highest BCUT2D eigenvalue weighted by atomic mass is 16.2. The summed E-state index contributed by atoms with van der Waals surface area (Å²) in [6, 6.07) is 0. The number of rotatable bonds is 9. The maximum absolute atomic E-state index is 12.5. The summed E-state index contributed by atoms with van der Waals surface area (Å²) in [7, 11) is 3.12. The van der Waals surface area contributed by atoms with Crippen LogP contribution in [0.1, 0.15) is 52.4 Å². The summed E-state index contributed by atoms with van der Waals surface area (Å²) < 4.78 is 0. The molecule has 7 nitrogen and oxygen atoms in total. The average Bonchev–Trinajstić information content (AvgIpc) is 2.62. The van der Waals surface area contributed by atoms with Crippen LogP contribution in [0.4, 0.5) is 0 Å². The second-order valence-electron chi connectivity index (χ2n) is 7.50. The lowest BCUT2D eigenvalue weighted by Crippen LogP contribution is -2.51. The number of hydrogen-bond acceptors (Lipinski definition) is 4. The van der Waals surface area contributed by atoms with E-state index in [0.29, 0.717) is 57.5 Å². The Bertz CT molecular complexity index is 495. The van der Waals surface area contributed by atoms with E-state index in [2.05, 4.69) is 10.6 Å². The summed E-state index contributed by atoms with van der Waals surface area (Å²) in [5.41, 5.74) is 0. The van der Waals surface area contributed by atoms with Gasteiger partial charge in [0.15, 0.2) is 0 Å². The molecule has 1 rings (SSSR count). The van der Waals surface area contributed by atoms with Crippen LogP contribution in [0.5, 0.6) is 0 Å². The highest BCUT2D eigenvalue weighted by molar-refractivity contribution is 5.85. The predicted molar refractivity (Wildman–Crippen MR) is 99.2 cm³/mol. The highest BCUT2D eigenvalue weighted by Gasteiger charge is 2.36. The van der Waals surface area contributed by atoms with Gasteiger partial charge in [0.25, 0.3) is 0 Å². The second kappa shape index (κ2) is 10.9. The Morgan fingerprint density at radius 2 is 1.42 bits per heavy atom. The molecule has 0 aromatic rings. The third kappa shape index (κ3) is 7.14. The summed E-state index contributed by atoms with van der Waals surface area (Å²) in [5.74, 6) is -0.471. The molecule has 2 N–H and O–H groups in total. The van der Waals surface area contributed by atoms with E-state index in [0.717, 1.165) is 0 Å². The second-order valence-corrected chi connectivity index (χ2v) is 7.50. The van der Waals surface area contributed by atoms with Gasteiger partial charge in [-0.3, -0.25) is 19.2 Å². The van der Waals surface area contributed by atoms with E-state index >= 15 is 0 Å². The van der Waals surface area contributed by atoms with Crippen LogP contribution < -0.4 is 10.6 Å². The van der Waals surface area contributed by atoms with Crippen molar-refractivity contribution < 1.29 is 19.2 Å². The molecule has 0 spiro atoms. The molecule has 1 aliphatic heterocycles. The van der Waals surface area contributed by atoms with E-state index in [4.69, 9.17) is 0 Å². The highest BCUT2D eigenvalue weighted by Crippen LogP contribution is 2.23. The molecule has 0 aliphatic carbocycles. The normalized spacial score (nSPS) is 20.0. The minimum atomic E-state index is -0.368. The minimum absolute atomic E-state index is 0.0520. The van der Waals surface area contributed by atoms with Crippen LogP contribution in [0.25, 0.3) is 0 Å². The molecule has 1 heterocycles. The molecule has 1 fully saturated rings.